The highest BCUT2D eigenvalue weighted by atomic mass is 16.5. The topological polar surface area (TPSA) is 121 Å². The van der Waals surface area contributed by atoms with Gasteiger partial charge in [0, 0.05) is 23.3 Å². The average molecular weight is 305 g/mol. The molecule has 0 atom stereocenters. The molecule has 3 rings (SSSR count). The molecule has 0 spiro atoms. The number of nitrogens with one attached hydrogen (secondary N) is 1. The Hall–Kier alpha value is -3.71. The largest absolute Gasteiger partial charge is 0.464 e. The van der Waals surface area contributed by atoms with Gasteiger partial charge in [-0.05, 0) is 18.2 Å². The Morgan fingerprint density at radius 1 is 1.35 bits per heavy atom. The number of aromatic amines is 1. The van der Waals surface area contributed by atoms with Crippen molar-refractivity contribution in [1.82, 2.24) is 9.55 Å². The number of esters is 1. The number of hydrogen-bond donors (Lipinski definition) is 2. The molecule has 0 saturated carbocycles. The molecule has 23 heavy (non-hydrogen) atoms. The first kappa shape index (κ1) is 14.2. The molecular weight excluding hydrogens is 294 g/mol. The summed E-state index contributed by atoms with van der Waals surface area (Å²) in [6.07, 6.45) is 3.19. The summed E-state index contributed by atoms with van der Waals surface area (Å²) in [6, 6.07) is 9.17. The summed E-state index contributed by atoms with van der Waals surface area (Å²) in [4.78, 5) is 15.1. The van der Waals surface area contributed by atoms with Crippen molar-refractivity contribution in [3.8, 4) is 17.8 Å². The van der Waals surface area contributed by atoms with Crippen LogP contribution < -0.4 is 5.73 Å². The SMILES string of the molecule is COC(=O)c1c(N)c(C#N)cn1-c1cc(C#N)cc2[nH]ccc12. The zero-order valence-electron chi connectivity index (χ0n) is 12.1. The molecule has 0 bridgehead atoms. The molecule has 0 aliphatic carbocycles. The maximum atomic E-state index is 12.1. The van der Waals surface area contributed by atoms with Crippen molar-refractivity contribution in [3.63, 3.8) is 0 Å². The number of rotatable bonds is 2. The lowest BCUT2D eigenvalue weighted by atomic mass is 10.1. The first-order valence-electron chi connectivity index (χ1n) is 6.61. The molecular formula is C16H11N5O2. The van der Waals surface area contributed by atoms with E-state index in [0.29, 0.717) is 11.3 Å². The van der Waals surface area contributed by atoms with Gasteiger partial charge in [-0.3, -0.25) is 0 Å². The lowest BCUT2D eigenvalue weighted by Gasteiger charge is -2.10. The molecule has 0 radical (unpaired) electrons. The number of nitriles is 2. The number of ether oxygens (including phenoxy) is 1. The molecule has 0 amide bonds. The summed E-state index contributed by atoms with van der Waals surface area (Å²) in [5.74, 6) is -0.657. The number of carbonyl (C=O) groups excluding carboxylic acids is 1. The molecule has 7 nitrogen and oxygen atoms in total. The van der Waals surface area contributed by atoms with Gasteiger partial charge in [0.2, 0.25) is 0 Å². The smallest absolute Gasteiger partial charge is 0.357 e. The second kappa shape index (κ2) is 5.24. The highest BCUT2D eigenvalue weighted by molar-refractivity contribution is 5.98. The summed E-state index contributed by atoms with van der Waals surface area (Å²) >= 11 is 0. The van der Waals surface area contributed by atoms with Gasteiger partial charge in [0.1, 0.15) is 6.07 Å². The predicted molar refractivity (Wildman–Crippen MR) is 82.8 cm³/mol. The number of nitrogen functional groups attached to an aromatic ring is 1. The van der Waals surface area contributed by atoms with Crippen molar-refractivity contribution in [2.24, 2.45) is 0 Å². The predicted octanol–water partition coefficient (Wildman–Crippen LogP) is 2.07. The number of nitrogens with zero attached hydrogens (tertiary/aromatic N) is 3. The van der Waals surface area contributed by atoms with E-state index in [4.69, 9.17) is 10.5 Å². The maximum absolute atomic E-state index is 12.1. The third-order valence-electron chi connectivity index (χ3n) is 3.58. The third-order valence-corrected chi connectivity index (χ3v) is 3.58. The molecule has 0 saturated heterocycles. The van der Waals surface area contributed by atoms with E-state index in [-0.39, 0.29) is 16.9 Å². The van der Waals surface area contributed by atoms with Crippen LogP contribution in [-0.4, -0.2) is 22.6 Å². The number of anilines is 1. The summed E-state index contributed by atoms with van der Waals surface area (Å²) < 4.78 is 6.25. The first-order valence-corrected chi connectivity index (χ1v) is 6.61. The lowest BCUT2D eigenvalue weighted by molar-refractivity contribution is 0.0593. The molecule has 2 heterocycles. The van der Waals surface area contributed by atoms with Crippen molar-refractivity contribution in [1.29, 1.82) is 10.5 Å². The van der Waals surface area contributed by atoms with Crippen molar-refractivity contribution in [2.75, 3.05) is 12.8 Å². The van der Waals surface area contributed by atoms with Crippen LogP contribution in [0.2, 0.25) is 0 Å². The number of aromatic nitrogens is 2. The van der Waals surface area contributed by atoms with Crippen molar-refractivity contribution < 1.29 is 9.53 Å². The monoisotopic (exact) mass is 305 g/mol. The highest BCUT2D eigenvalue weighted by Gasteiger charge is 2.23. The van der Waals surface area contributed by atoms with E-state index in [1.807, 2.05) is 12.1 Å². The summed E-state index contributed by atoms with van der Waals surface area (Å²) in [7, 11) is 1.24. The summed E-state index contributed by atoms with van der Waals surface area (Å²) in [5, 5.41) is 19.2. The molecule has 3 aromatic rings. The maximum Gasteiger partial charge on any atom is 0.357 e. The fourth-order valence-electron chi connectivity index (χ4n) is 2.52. The second-order valence-corrected chi connectivity index (χ2v) is 4.82. The van der Waals surface area contributed by atoms with Crippen molar-refractivity contribution in [3.05, 3.63) is 47.4 Å². The summed E-state index contributed by atoms with van der Waals surface area (Å²) in [5.41, 5.74) is 7.88. The van der Waals surface area contributed by atoms with Crippen LogP contribution in [0.25, 0.3) is 16.6 Å². The Kier molecular flexibility index (Phi) is 3.25. The Bertz CT molecular complexity index is 1010. The van der Waals surface area contributed by atoms with Crippen LogP contribution in [0.3, 0.4) is 0 Å². The normalized spacial score (nSPS) is 10.2. The minimum Gasteiger partial charge on any atom is -0.464 e. The van der Waals surface area contributed by atoms with Crippen molar-refractivity contribution >= 4 is 22.6 Å². The van der Waals surface area contributed by atoms with E-state index in [1.54, 1.807) is 18.3 Å². The number of hydrogen-bond acceptors (Lipinski definition) is 5. The zero-order chi connectivity index (χ0) is 16.6. The fraction of sp³-hybridized carbons (Fsp3) is 0.0625. The van der Waals surface area contributed by atoms with Gasteiger partial charge in [-0.1, -0.05) is 0 Å². The van der Waals surface area contributed by atoms with Gasteiger partial charge in [0.05, 0.1) is 35.7 Å². The number of fused-ring (bicyclic) bond motifs is 1. The molecule has 3 N–H and O–H groups in total. The molecule has 0 unspecified atom stereocenters. The lowest BCUT2D eigenvalue weighted by Crippen LogP contribution is -2.11. The number of benzene rings is 1. The minimum atomic E-state index is -0.657. The van der Waals surface area contributed by atoms with Gasteiger partial charge in [-0.25, -0.2) is 4.79 Å². The van der Waals surface area contributed by atoms with Gasteiger partial charge in [-0.15, -0.1) is 0 Å². The van der Waals surface area contributed by atoms with Crippen LogP contribution in [0.1, 0.15) is 21.6 Å². The molecule has 0 fully saturated rings. The zero-order valence-corrected chi connectivity index (χ0v) is 12.1. The number of methoxy groups -OCH3 is 1. The molecule has 0 aliphatic heterocycles. The standard InChI is InChI=1S/C16H11N5O2/c1-23-16(22)15-14(19)10(7-18)8-21(15)13-5-9(6-17)4-12-11(13)2-3-20-12/h2-5,8,20H,19H2,1H3. The van der Waals surface area contributed by atoms with E-state index in [1.165, 1.54) is 17.9 Å². The Morgan fingerprint density at radius 2 is 2.13 bits per heavy atom. The minimum absolute atomic E-state index is 0.0467. The van der Waals surface area contributed by atoms with Gasteiger partial charge in [0.15, 0.2) is 5.69 Å². The fourth-order valence-corrected chi connectivity index (χ4v) is 2.52. The van der Waals surface area contributed by atoms with Gasteiger partial charge >= 0.3 is 5.97 Å². The second-order valence-electron chi connectivity index (χ2n) is 4.82. The van der Waals surface area contributed by atoms with Crippen LogP contribution in [0.5, 0.6) is 0 Å². The van der Waals surface area contributed by atoms with Crippen LogP contribution in [-0.2, 0) is 4.74 Å². The van der Waals surface area contributed by atoms with Crippen LogP contribution in [0, 0.1) is 22.7 Å². The number of H-pyrrole nitrogens is 1. The molecule has 0 aliphatic rings. The van der Waals surface area contributed by atoms with Gasteiger partial charge in [0.25, 0.3) is 0 Å². The Morgan fingerprint density at radius 3 is 2.78 bits per heavy atom. The summed E-state index contributed by atoms with van der Waals surface area (Å²) in [6.45, 7) is 0. The third kappa shape index (κ3) is 2.08. The van der Waals surface area contributed by atoms with E-state index >= 15 is 0 Å². The highest BCUT2D eigenvalue weighted by Crippen LogP contribution is 2.29. The van der Waals surface area contributed by atoms with E-state index in [0.717, 1.165) is 10.9 Å². The number of nitrogens with two attached hydrogens (primary N) is 1. The van der Waals surface area contributed by atoms with E-state index < -0.39 is 5.97 Å². The van der Waals surface area contributed by atoms with Crippen LogP contribution in [0.4, 0.5) is 5.69 Å². The molecule has 1 aromatic carbocycles. The van der Waals surface area contributed by atoms with Gasteiger partial charge in [-0.2, -0.15) is 10.5 Å². The Balaban J connectivity index is 2.40. The Labute approximate surface area is 131 Å². The number of carbonyl (C=O) groups is 1. The molecule has 7 heteroatoms. The van der Waals surface area contributed by atoms with E-state index in [2.05, 4.69) is 11.1 Å². The van der Waals surface area contributed by atoms with Gasteiger partial charge < -0.3 is 20.0 Å². The first-order chi connectivity index (χ1) is 11.1. The molecule has 2 aromatic heterocycles. The molecule has 112 valence electrons. The van der Waals surface area contributed by atoms with E-state index in [9.17, 15) is 15.3 Å². The van der Waals surface area contributed by atoms with Crippen LogP contribution in [0.15, 0.2) is 30.6 Å². The average Bonchev–Trinajstić information content (AvgIpc) is 3.17. The van der Waals surface area contributed by atoms with Crippen LogP contribution >= 0.6 is 0 Å². The van der Waals surface area contributed by atoms with Crippen molar-refractivity contribution in [2.45, 2.75) is 0 Å². The quantitative estimate of drug-likeness (QED) is 0.702.